The van der Waals surface area contributed by atoms with Gasteiger partial charge in [-0.3, -0.25) is 4.79 Å². The number of unbranched alkanes of at least 4 members (excludes halogenated alkanes) is 1. The predicted octanol–water partition coefficient (Wildman–Crippen LogP) is 3.40. The van der Waals surface area contributed by atoms with Gasteiger partial charge >= 0.3 is 5.97 Å². The van der Waals surface area contributed by atoms with Crippen LogP contribution in [0.2, 0.25) is 0 Å². The molecular weight excluding hydrogens is 276 g/mol. The van der Waals surface area contributed by atoms with Gasteiger partial charge in [-0.05, 0) is 30.9 Å². The Labute approximate surface area is 130 Å². The maximum absolute atomic E-state index is 11.5. The Kier molecular flexibility index (Phi) is 4.27. The zero-order chi connectivity index (χ0) is 15.5. The lowest BCUT2D eigenvalue weighted by Crippen LogP contribution is -2.19. The van der Waals surface area contributed by atoms with Crippen LogP contribution in [0.25, 0.3) is 5.69 Å². The second-order valence-electron chi connectivity index (χ2n) is 6.02. The maximum atomic E-state index is 11.5. The molecule has 0 saturated carbocycles. The summed E-state index contributed by atoms with van der Waals surface area (Å²) in [5.74, 6) is -1.02. The summed E-state index contributed by atoms with van der Waals surface area (Å²) in [6, 6.07) is 8.36. The van der Waals surface area contributed by atoms with Crippen LogP contribution < -0.4 is 0 Å². The molecule has 1 aromatic heterocycles. The smallest absolute Gasteiger partial charge is 0.306 e. The maximum Gasteiger partial charge on any atom is 0.306 e. The topological polar surface area (TPSA) is 55.1 Å². The number of benzene rings is 1. The molecule has 0 radical (unpaired) electrons. The number of nitrogens with zero attached hydrogens (tertiary/aromatic N) is 2. The van der Waals surface area contributed by atoms with E-state index in [9.17, 15) is 9.90 Å². The summed E-state index contributed by atoms with van der Waals surface area (Å²) in [5.41, 5.74) is 4.65. The lowest BCUT2D eigenvalue weighted by atomic mass is 9.94. The van der Waals surface area contributed by atoms with E-state index in [2.05, 4.69) is 34.7 Å². The first-order valence-corrected chi connectivity index (χ1v) is 8.07. The van der Waals surface area contributed by atoms with Gasteiger partial charge in [0.05, 0.1) is 17.9 Å². The van der Waals surface area contributed by atoms with Crippen molar-refractivity contribution >= 4 is 5.97 Å². The van der Waals surface area contributed by atoms with Gasteiger partial charge in [0, 0.05) is 17.8 Å². The minimum atomic E-state index is -0.702. The highest BCUT2D eigenvalue weighted by Gasteiger charge is 2.24. The number of carboxylic acids is 1. The van der Waals surface area contributed by atoms with Gasteiger partial charge in [-0.15, -0.1) is 0 Å². The van der Waals surface area contributed by atoms with Gasteiger partial charge in [0.2, 0.25) is 0 Å². The standard InChI is InChI=1S/C18H22N2O2/c1-2-3-6-14(18(21)22)11-15-17-10-9-13-7-4-5-8-16(13)20(17)12-19-15/h4-5,7-8,12,14H,2-3,6,9-11H2,1H3,(H,21,22). The number of aromatic nitrogens is 2. The van der Waals surface area contributed by atoms with Crippen LogP contribution in [0.5, 0.6) is 0 Å². The molecule has 1 atom stereocenters. The second kappa shape index (κ2) is 6.34. The average Bonchev–Trinajstić information content (AvgIpc) is 2.94. The number of carbonyl (C=O) groups is 1. The molecule has 1 aromatic carbocycles. The first kappa shape index (κ1) is 14.8. The highest BCUT2D eigenvalue weighted by atomic mass is 16.4. The monoisotopic (exact) mass is 298 g/mol. The van der Waals surface area contributed by atoms with Crippen LogP contribution in [0, 0.1) is 5.92 Å². The molecule has 0 aliphatic carbocycles. The zero-order valence-electron chi connectivity index (χ0n) is 13.0. The fourth-order valence-electron chi connectivity index (χ4n) is 3.26. The second-order valence-corrected chi connectivity index (χ2v) is 6.02. The Morgan fingerprint density at radius 1 is 1.36 bits per heavy atom. The van der Waals surface area contributed by atoms with E-state index in [1.165, 1.54) is 16.9 Å². The van der Waals surface area contributed by atoms with E-state index in [0.717, 1.165) is 37.8 Å². The molecule has 3 rings (SSSR count). The molecule has 2 aromatic rings. The molecule has 0 fully saturated rings. The summed E-state index contributed by atoms with van der Waals surface area (Å²) in [4.78, 5) is 16.0. The number of fused-ring (bicyclic) bond motifs is 3. The Balaban J connectivity index is 1.86. The molecule has 1 N–H and O–H groups in total. The van der Waals surface area contributed by atoms with Gasteiger partial charge in [-0.2, -0.15) is 0 Å². The summed E-state index contributed by atoms with van der Waals surface area (Å²) in [5, 5.41) is 9.43. The van der Waals surface area contributed by atoms with Crippen LogP contribution in [0.1, 0.15) is 43.1 Å². The first-order chi connectivity index (χ1) is 10.7. The third-order valence-corrected chi connectivity index (χ3v) is 4.53. The van der Waals surface area contributed by atoms with E-state index in [-0.39, 0.29) is 5.92 Å². The number of rotatable bonds is 6. The molecule has 0 spiro atoms. The number of aryl methyl sites for hydroxylation is 1. The van der Waals surface area contributed by atoms with Crippen molar-refractivity contribution in [3.8, 4) is 5.69 Å². The Morgan fingerprint density at radius 2 is 2.18 bits per heavy atom. The Hall–Kier alpha value is -2.10. The average molecular weight is 298 g/mol. The fourth-order valence-corrected chi connectivity index (χ4v) is 3.26. The summed E-state index contributed by atoms with van der Waals surface area (Å²) in [6.07, 6.45) is 7.04. The number of aliphatic carboxylic acids is 1. The van der Waals surface area contributed by atoms with Crippen molar-refractivity contribution in [3.63, 3.8) is 0 Å². The van der Waals surface area contributed by atoms with Gasteiger partial charge in [-0.1, -0.05) is 38.0 Å². The van der Waals surface area contributed by atoms with E-state index in [4.69, 9.17) is 0 Å². The number of para-hydroxylation sites is 1. The quantitative estimate of drug-likeness (QED) is 0.889. The van der Waals surface area contributed by atoms with Crippen LogP contribution in [0.15, 0.2) is 30.6 Å². The lowest BCUT2D eigenvalue weighted by molar-refractivity contribution is -0.142. The minimum absolute atomic E-state index is 0.322. The third-order valence-electron chi connectivity index (χ3n) is 4.53. The molecule has 2 heterocycles. The van der Waals surface area contributed by atoms with E-state index in [0.29, 0.717) is 6.42 Å². The molecule has 4 nitrogen and oxygen atoms in total. The fraction of sp³-hybridized carbons (Fsp3) is 0.444. The normalized spacial score (nSPS) is 14.2. The van der Waals surface area contributed by atoms with Gasteiger partial charge in [0.15, 0.2) is 0 Å². The molecule has 0 bridgehead atoms. The van der Waals surface area contributed by atoms with Crippen LogP contribution in [0.4, 0.5) is 0 Å². The van der Waals surface area contributed by atoms with E-state index < -0.39 is 5.97 Å². The molecule has 1 aliphatic rings. The number of carboxylic acid groups (broad SMARTS) is 1. The number of hydrogen-bond donors (Lipinski definition) is 1. The van der Waals surface area contributed by atoms with Crippen molar-refractivity contribution in [2.24, 2.45) is 5.92 Å². The zero-order valence-corrected chi connectivity index (χ0v) is 13.0. The van der Waals surface area contributed by atoms with Crippen molar-refractivity contribution < 1.29 is 9.90 Å². The third kappa shape index (κ3) is 2.78. The summed E-state index contributed by atoms with van der Waals surface area (Å²) < 4.78 is 2.13. The highest BCUT2D eigenvalue weighted by molar-refractivity contribution is 5.70. The van der Waals surface area contributed by atoms with Crippen molar-refractivity contribution in [2.45, 2.75) is 45.4 Å². The van der Waals surface area contributed by atoms with Crippen LogP contribution in [-0.2, 0) is 24.1 Å². The highest BCUT2D eigenvalue weighted by Crippen LogP contribution is 2.28. The SMILES string of the molecule is CCCCC(Cc1ncn2c1CCc1ccccc1-2)C(=O)O. The van der Waals surface area contributed by atoms with Crippen molar-refractivity contribution in [3.05, 3.63) is 47.5 Å². The first-order valence-electron chi connectivity index (χ1n) is 8.07. The van der Waals surface area contributed by atoms with Crippen LogP contribution >= 0.6 is 0 Å². The van der Waals surface area contributed by atoms with Crippen LogP contribution in [0.3, 0.4) is 0 Å². The Morgan fingerprint density at radius 3 is 2.95 bits per heavy atom. The molecule has 1 aliphatic heterocycles. The van der Waals surface area contributed by atoms with Crippen molar-refractivity contribution in [1.82, 2.24) is 9.55 Å². The molecule has 116 valence electrons. The molecule has 1 unspecified atom stereocenters. The molecule has 4 heteroatoms. The number of imidazole rings is 1. The van der Waals surface area contributed by atoms with Crippen molar-refractivity contribution in [1.29, 1.82) is 0 Å². The van der Waals surface area contributed by atoms with Gasteiger partial charge in [-0.25, -0.2) is 4.98 Å². The largest absolute Gasteiger partial charge is 0.481 e. The molecule has 0 saturated heterocycles. The van der Waals surface area contributed by atoms with E-state index in [1.807, 2.05) is 12.4 Å². The summed E-state index contributed by atoms with van der Waals surface area (Å²) in [6.45, 7) is 2.09. The molecule has 0 amide bonds. The van der Waals surface area contributed by atoms with E-state index >= 15 is 0 Å². The van der Waals surface area contributed by atoms with Crippen LogP contribution in [-0.4, -0.2) is 20.6 Å². The van der Waals surface area contributed by atoms with Gasteiger partial charge < -0.3 is 9.67 Å². The number of hydrogen-bond acceptors (Lipinski definition) is 2. The minimum Gasteiger partial charge on any atom is -0.481 e. The predicted molar refractivity (Wildman–Crippen MR) is 85.3 cm³/mol. The van der Waals surface area contributed by atoms with Gasteiger partial charge in [0.25, 0.3) is 0 Å². The van der Waals surface area contributed by atoms with Gasteiger partial charge in [0.1, 0.15) is 0 Å². The molecule has 22 heavy (non-hydrogen) atoms. The van der Waals surface area contributed by atoms with E-state index in [1.54, 1.807) is 0 Å². The summed E-state index contributed by atoms with van der Waals surface area (Å²) >= 11 is 0. The lowest BCUT2D eigenvalue weighted by Gasteiger charge is -2.20. The summed E-state index contributed by atoms with van der Waals surface area (Å²) in [7, 11) is 0. The Bertz CT molecular complexity index is 675. The van der Waals surface area contributed by atoms with Crippen molar-refractivity contribution in [2.75, 3.05) is 0 Å². The molecular formula is C18H22N2O2.